The summed E-state index contributed by atoms with van der Waals surface area (Å²) in [5.74, 6) is 0.0491. The molecule has 0 aliphatic heterocycles. The maximum atomic E-state index is 12.8. The average molecular weight is 446 g/mol. The molecule has 1 aliphatic carbocycles. The molecule has 7 heteroatoms. The number of para-hydroxylation sites is 1. The number of pyridine rings is 1. The molecule has 3 aromatic rings. The Kier molecular flexibility index (Phi) is 6.58. The highest BCUT2D eigenvalue weighted by Gasteiger charge is 2.23. The van der Waals surface area contributed by atoms with Gasteiger partial charge in [-0.1, -0.05) is 37.1 Å². The minimum Gasteiger partial charge on any atom is -0.352 e. The molecule has 172 valence electrons. The van der Waals surface area contributed by atoms with Crippen molar-refractivity contribution in [3.05, 3.63) is 66.0 Å². The van der Waals surface area contributed by atoms with Crippen LogP contribution in [0.15, 0.2) is 54.7 Å². The number of rotatable bonds is 6. The second-order valence-corrected chi connectivity index (χ2v) is 9.62. The number of aromatic nitrogens is 3. The summed E-state index contributed by atoms with van der Waals surface area (Å²) >= 11 is 0. The fourth-order valence-electron chi connectivity index (χ4n) is 4.05. The van der Waals surface area contributed by atoms with E-state index in [2.05, 4.69) is 20.7 Å². The quantitative estimate of drug-likeness (QED) is 0.593. The molecule has 2 amide bonds. The summed E-state index contributed by atoms with van der Waals surface area (Å²) in [6.45, 7) is 6.27. The van der Waals surface area contributed by atoms with Gasteiger partial charge in [0.2, 0.25) is 5.91 Å². The van der Waals surface area contributed by atoms with Gasteiger partial charge in [-0.05, 0) is 63.4 Å². The van der Waals surface area contributed by atoms with Crippen LogP contribution in [0, 0.1) is 5.92 Å². The van der Waals surface area contributed by atoms with E-state index in [0.717, 1.165) is 42.6 Å². The first-order chi connectivity index (χ1) is 15.8. The average Bonchev–Trinajstić information content (AvgIpc) is 3.48. The lowest BCUT2D eigenvalue weighted by Gasteiger charge is -2.19. The first-order valence-corrected chi connectivity index (χ1v) is 11.5. The van der Waals surface area contributed by atoms with Crippen molar-refractivity contribution in [2.24, 2.45) is 5.92 Å². The van der Waals surface area contributed by atoms with Gasteiger partial charge in [-0.25, -0.2) is 4.68 Å². The Balaban J connectivity index is 1.56. The molecule has 0 spiro atoms. The Labute approximate surface area is 194 Å². The second-order valence-electron chi connectivity index (χ2n) is 9.62. The van der Waals surface area contributed by atoms with E-state index in [0.29, 0.717) is 17.9 Å². The maximum absolute atomic E-state index is 12.8. The molecule has 0 saturated heterocycles. The number of hydrogen-bond acceptors (Lipinski definition) is 4. The number of hydrogen-bond donors (Lipinski definition) is 2. The minimum absolute atomic E-state index is 0.133. The molecule has 2 N–H and O–H groups in total. The lowest BCUT2D eigenvalue weighted by molar-refractivity contribution is -0.124. The number of amides is 2. The van der Waals surface area contributed by atoms with E-state index < -0.39 is 0 Å². The second kappa shape index (κ2) is 9.57. The van der Waals surface area contributed by atoms with Gasteiger partial charge >= 0.3 is 0 Å². The zero-order valence-corrected chi connectivity index (χ0v) is 19.5. The van der Waals surface area contributed by atoms with Crippen LogP contribution in [0.3, 0.4) is 0 Å². The molecule has 0 unspecified atom stereocenters. The highest BCUT2D eigenvalue weighted by molar-refractivity contribution is 5.94. The van der Waals surface area contributed by atoms with Crippen LogP contribution in [0.5, 0.6) is 0 Å². The van der Waals surface area contributed by atoms with Crippen LogP contribution in [-0.4, -0.2) is 32.1 Å². The predicted molar refractivity (Wildman–Crippen MR) is 128 cm³/mol. The zero-order chi connectivity index (χ0) is 23.4. The zero-order valence-electron chi connectivity index (χ0n) is 19.5. The Hall–Kier alpha value is -3.48. The van der Waals surface area contributed by atoms with E-state index in [1.165, 1.54) is 0 Å². The molecular formula is C26H31N5O2. The third kappa shape index (κ3) is 5.66. The van der Waals surface area contributed by atoms with Crippen molar-refractivity contribution in [3.8, 4) is 17.1 Å². The number of benzene rings is 1. The molecule has 1 saturated carbocycles. The number of carbonyl (C=O) groups excluding carboxylic acids is 2. The van der Waals surface area contributed by atoms with E-state index in [4.69, 9.17) is 0 Å². The van der Waals surface area contributed by atoms with Crippen molar-refractivity contribution >= 4 is 11.8 Å². The van der Waals surface area contributed by atoms with Gasteiger partial charge in [0, 0.05) is 24.2 Å². The van der Waals surface area contributed by atoms with Gasteiger partial charge in [0.15, 0.2) is 5.69 Å². The molecule has 4 rings (SSSR count). The SMILES string of the molecule is CC(C)(C)NC(=O)c1cc(-c2ccc(CNC(=O)C3CCCC3)cn2)n(-c2ccccc2)n1. The van der Waals surface area contributed by atoms with Gasteiger partial charge < -0.3 is 10.6 Å². The molecule has 1 aromatic carbocycles. The van der Waals surface area contributed by atoms with Crippen molar-refractivity contribution in [2.75, 3.05) is 0 Å². The van der Waals surface area contributed by atoms with Crippen LogP contribution in [0.4, 0.5) is 0 Å². The highest BCUT2D eigenvalue weighted by atomic mass is 16.2. The van der Waals surface area contributed by atoms with E-state index in [-0.39, 0.29) is 23.3 Å². The minimum atomic E-state index is -0.364. The largest absolute Gasteiger partial charge is 0.352 e. The molecule has 0 atom stereocenters. The fourth-order valence-corrected chi connectivity index (χ4v) is 4.05. The summed E-state index contributed by atoms with van der Waals surface area (Å²) in [4.78, 5) is 29.7. The molecule has 0 radical (unpaired) electrons. The van der Waals surface area contributed by atoms with Gasteiger partial charge in [0.1, 0.15) is 0 Å². The molecule has 2 aromatic heterocycles. The maximum Gasteiger partial charge on any atom is 0.272 e. The van der Waals surface area contributed by atoms with Crippen molar-refractivity contribution in [3.63, 3.8) is 0 Å². The van der Waals surface area contributed by atoms with Crippen molar-refractivity contribution in [1.82, 2.24) is 25.4 Å². The summed E-state index contributed by atoms with van der Waals surface area (Å²) < 4.78 is 1.74. The van der Waals surface area contributed by atoms with E-state index >= 15 is 0 Å². The molecular weight excluding hydrogens is 414 g/mol. The van der Waals surface area contributed by atoms with Crippen LogP contribution < -0.4 is 10.6 Å². The predicted octanol–water partition coefficient (Wildman–Crippen LogP) is 4.27. The molecule has 2 heterocycles. The van der Waals surface area contributed by atoms with Crippen molar-refractivity contribution in [1.29, 1.82) is 0 Å². The third-order valence-corrected chi connectivity index (χ3v) is 5.71. The number of nitrogens with one attached hydrogen (secondary N) is 2. The van der Waals surface area contributed by atoms with Gasteiger partial charge in [-0.3, -0.25) is 14.6 Å². The summed E-state index contributed by atoms with van der Waals surface area (Å²) in [6, 6.07) is 15.3. The van der Waals surface area contributed by atoms with Crippen LogP contribution in [0.2, 0.25) is 0 Å². The number of carbonyl (C=O) groups is 2. The van der Waals surface area contributed by atoms with Gasteiger partial charge in [-0.2, -0.15) is 5.10 Å². The Morgan fingerprint density at radius 3 is 2.42 bits per heavy atom. The summed E-state index contributed by atoms with van der Waals surface area (Å²) in [5.41, 5.74) is 3.17. The Morgan fingerprint density at radius 2 is 1.79 bits per heavy atom. The Bertz CT molecular complexity index is 1110. The van der Waals surface area contributed by atoms with E-state index in [1.54, 1.807) is 16.9 Å². The van der Waals surface area contributed by atoms with Gasteiger partial charge in [-0.15, -0.1) is 0 Å². The summed E-state index contributed by atoms with van der Waals surface area (Å²) in [7, 11) is 0. The third-order valence-electron chi connectivity index (χ3n) is 5.71. The van der Waals surface area contributed by atoms with Crippen LogP contribution in [0.1, 0.15) is 62.5 Å². The Morgan fingerprint density at radius 1 is 1.06 bits per heavy atom. The highest BCUT2D eigenvalue weighted by Crippen LogP contribution is 2.25. The molecule has 0 bridgehead atoms. The van der Waals surface area contributed by atoms with E-state index in [1.807, 2.05) is 63.2 Å². The monoisotopic (exact) mass is 445 g/mol. The lowest BCUT2D eigenvalue weighted by atomic mass is 10.1. The van der Waals surface area contributed by atoms with Gasteiger partial charge in [0.25, 0.3) is 5.91 Å². The van der Waals surface area contributed by atoms with E-state index in [9.17, 15) is 9.59 Å². The van der Waals surface area contributed by atoms with Crippen LogP contribution >= 0.6 is 0 Å². The first-order valence-electron chi connectivity index (χ1n) is 11.5. The molecule has 33 heavy (non-hydrogen) atoms. The van der Waals surface area contributed by atoms with Crippen molar-refractivity contribution < 1.29 is 9.59 Å². The van der Waals surface area contributed by atoms with Gasteiger partial charge in [0.05, 0.1) is 17.1 Å². The topological polar surface area (TPSA) is 88.9 Å². The van der Waals surface area contributed by atoms with Crippen molar-refractivity contribution in [2.45, 2.75) is 58.5 Å². The summed E-state index contributed by atoms with van der Waals surface area (Å²) in [5, 5.41) is 10.6. The molecule has 7 nitrogen and oxygen atoms in total. The van der Waals surface area contributed by atoms with Crippen LogP contribution in [-0.2, 0) is 11.3 Å². The summed E-state index contributed by atoms with van der Waals surface area (Å²) in [6.07, 6.45) is 6.01. The molecule has 1 fully saturated rings. The smallest absolute Gasteiger partial charge is 0.272 e. The van der Waals surface area contributed by atoms with Crippen LogP contribution in [0.25, 0.3) is 17.1 Å². The lowest BCUT2D eigenvalue weighted by Crippen LogP contribution is -2.40. The first kappa shape index (κ1) is 22.7. The molecule has 1 aliphatic rings. The number of nitrogens with zero attached hydrogens (tertiary/aromatic N) is 3. The fraction of sp³-hybridized carbons (Fsp3) is 0.385. The normalized spacial score (nSPS) is 14.3. The standard InChI is InChI=1S/C26H31N5O2/c1-26(2,3)29-25(33)22-15-23(31(30-22)20-11-5-4-6-12-20)21-14-13-18(16-27-21)17-28-24(32)19-9-7-8-10-19/h4-6,11-16,19H,7-10,17H2,1-3H3,(H,28,32)(H,29,33).